The maximum Gasteiger partial charge on any atom is 0.345 e. The Morgan fingerprint density at radius 2 is 1.94 bits per heavy atom. The summed E-state index contributed by atoms with van der Waals surface area (Å²) in [6.07, 6.45) is 1.52. The normalized spacial score (nSPS) is 38.6. The molecule has 1 heterocycles. The van der Waals surface area contributed by atoms with E-state index in [0.29, 0.717) is 12.3 Å². The van der Waals surface area contributed by atoms with Crippen LogP contribution in [0.15, 0.2) is 0 Å². The maximum atomic E-state index is 12.4. The smallest absolute Gasteiger partial charge is 0.345 e. The molecule has 0 spiro atoms. The van der Waals surface area contributed by atoms with Gasteiger partial charge in [0.25, 0.3) is 0 Å². The second-order valence-electron chi connectivity index (χ2n) is 7.51. The summed E-state index contributed by atoms with van der Waals surface area (Å²) >= 11 is 0. The van der Waals surface area contributed by atoms with Crippen molar-refractivity contribution >= 4 is 5.97 Å². The lowest BCUT2D eigenvalue weighted by atomic mass is 9.63. The number of carbonyl (C=O) groups excluding carboxylic acids is 1. The molecule has 2 aliphatic rings. The first-order chi connectivity index (χ1) is 8.06. The zero-order valence-electron chi connectivity index (χ0n) is 12.2. The summed E-state index contributed by atoms with van der Waals surface area (Å²) < 4.78 is 5.50. The molecule has 3 unspecified atom stereocenters. The Kier molecular flexibility index (Phi) is 3.02. The van der Waals surface area contributed by atoms with Gasteiger partial charge in [-0.25, -0.2) is 14.6 Å². The highest BCUT2D eigenvalue weighted by molar-refractivity contribution is 5.82. The fraction of sp³-hybridized carbons (Fsp3) is 0.929. The first-order valence-corrected chi connectivity index (χ1v) is 6.64. The minimum atomic E-state index is -0.894. The quantitative estimate of drug-likeness (QED) is 0.534. The molecule has 0 aromatic heterocycles. The molecule has 1 saturated carbocycles. The topological polar surface area (TPSA) is 44.8 Å². The van der Waals surface area contributed by atoms with Crippen LogP contribution in [0.4, 0.5) is 0 Å². The number of esters is 1. The molecular formula is C14H24O4. The third kappa shape index (κ3) is 2.28. The van der Waals surface area contributed by atoms with E-state index in [0.717, 1.165) is 6.42 Å². The second kappa shape index (κ2) is 3.94. The second-order valence-corrected chi connectivity index (χ2v) is 7.51. The fourth-order valence-electron chi connectivity index (χ4n) is 3.25. The van der Waals surface area contributed by atoms with Crippen molar-refractivity contribution in [2.24, 2.45) is 11.3 Å². The lowest BCUT2D eigenvalue weighted by Gasteiger charge is -2.55. The summed E-state index contributed by atoms with van der Waals surface area (Å²) in [5, 5.41) is 0. The number of rotatable bonds is 1. The fourth-order valence-corrected chi connectivity index (χ4v) is 3.25. The van der Waals surface area contributed by atoms with Gasteiger partial charge in [0, 0.05) is 0 Å². The van der Waals surface area contributed by atoms with Crippen LogP contribution in [0.3, 0.4) is 0 Å². The SMILES string of the molecule is CC1CC(C)(C)CC2(C(=O)OC(C)(C)C)OOC12. The van der Waals surface area contributed by atoms with Crippen molar-refractivity contribution in [3.63, 3.8) is 0 Å². The molecular weight excluding hydrogens is 232 g/mol. The molecule has 0 bridgehead atoms. The van der Waals surface area contributed by atoms with Gasteiger partial charge >= 0.3 is 5.97 Å². The lowest BCUT2D eigenvalue weighted by Crippen LogP contribution is -2.69. The standard InChI is InChI=1S/C14H24O4/c1-9-7-13(5,6)8-14(10(9)17-18-14)11(15)16-12(2,3)4/h9-10H,7-8H2,1-6H3. The van der Waals surface area contributed by atoms with Crippen LogP contribution in [0, 0.1) is 11.3 Å². The van der Waals surface area contributed by atoms with Crippen molar-refractivity contribution in [1.29, 1.82) is 0 Å². The van der Waals surface area contributed by atoms with Crippen LogP contribution < -0.4 is 0 Å². The van der Waals surface area contributed by atoms with E-state index in [1.54, 1.807) is 0 Å². The Balaban J connectivity index is 2.21. The van der Waals surface area contributed by atoms with E-state index in [-0.39, 0.29) is 17.5 Å². The first kappa shape index (κ1) is 13.8. The summed E-state index contributed by atoms with van der Waals surface area (Å²) in [6, 6.07) is 0. The van der Waals surface area contributed by atoms with Gasteiger partial charge in [0.15, 0.2) is 0 Å². The van der Waals surface area contributed by atoms with Crippen LogP contribution in [-0.2, 0) is 19.3 Å². The van der Waals surface area contributed by atoms with Gasteiger partial charge in [-0.2, -0.15) is 0 Å². The monoisotopic (exact) mass is 256 g/mol. The molecule has 0 amide bonds. The van der Waals surface area contributed by atoms with Crippen LogP contribution in [0.25, 0.3) is 0 Å². The molecule has 18 heavy (non-hydrogen) atoms. The van der Waals surface area contributed by atoms with Gasteiger partial charge in [0.1, 0.15) is 11.7 Å². The molecule has 1 aliphatic carbocycles. The van der Waals surface area contributed by atoms with Crippen LogP contribution in [-0.4, -0.2) is 23.3 Å². The molecule has 1 saturated heterocycles. The van der Waals surface area contributed by atoms with Crippen LogP contribution in [0.5, 0.6) is 0 Å². The van der Waals surface area contributed by atoms with Crippen molar-refractivity contribution in [1.82, 2.24) is 0 Å². The van der Waals surface area contributed by atoms with E-state index in [9.17, 15) is 4.79 Å². The number of carbonyl (C=O) groups is 1. The van der Waals surface area contributed by atoms with E-state index in [1.807, 2.05) is 20.8 Å². The predicted molar refractivity (Wildman–Crippen MR) is 66.7 cm³/mol. The molecule has 0 radical (unpaired) electrons. The molecule has 1 aliphatic heterocycles. The largest absolute Gasteiger partial charge is 0.458 e. The van der Waals surface area contributed by atoms with Gasteiger partial charge in [-0.1, -0.05) is 20.8 Å². The van der Waals surface area contributed by atoms with Gasteiger partial charge in [-0.15, -0.1) is 0 Å². The Morgan fingerprint density at radius 1 is 1.33 bits per heavy atom. The zero-order valence-corrected chi connectivity index (χ0v) is 12.2. The Bertz CT molecular complexity index is 355. The summed E-state index contributed by atoms with van der Waals surface area (Å²) in [5.41, 5.74) is -1.33. The summed E-state index contributed by atoms with van der Waals surface area (Å²) in [6.45, 7) is 12.0. The average molecular weight is 256 g/mol. The zero-order chi connectivity index (χ0) is 13.8. The van der Waals surface area contributed by atoms with Crippen molar-refractivity contribution < 1.29 is 19.3 Å². The molecule has 0 N–H and O–H groups in total. The third-order valence-corrected chi connectivity index (χ3v) is 3.64. The van der Waals surface area contributed by atoms with Crippen LogP contribution in [0.2, 0.25) is 0 Å². The van der Waals surface area contributed by atoms with E-state index < -0.39 is 11.2 Å². The predicted octanol–water partition coefficient (Wildman–Crippen LogP) is 2.85. The van der Waals surface area contributed by atoms with Gasteiger partial charge < -0.3 is 4.74 Å². The van der Waals surface area contributed by atoms with Gasteiger partial charge in [-0.05, 0) is 44.9 Å². The molecule has 4 heteroatoms. The number of ether oxygens (including phenoxy) is 1. The molecule has 0 aromatic carbocycles. The van der Waals surface area contributed by atoms with E-state index >= 15 is 0 Å². The van der Waals surface area contributed by atoms with E-state index in [1.165, 1.54) is 0 Å². The molecule has 2 rings (SSSR count). The van der Waals surface area contributed by atoms with Crippen LogP contribution >= 0.6 is 0 Å². The first-order valence-electron chi connectivity index (χ1n) is 6.64. The molecule has 3 atom stereocenters. The highest BCUT2D eigenvalue weighted by atomic mass is 17.3. The minimum absolute atomic E-state index is 0.0661. The van der Waals surface area contributed by atoms with Crippen LogP contribution in [0.1, 0.15) is 54.4 Å². The minimum Gasteiger partial charge on any atom is -0.458 e. The number of hydrogen-bond donors (Lipinski definition) is 0. The number of fused-ring (bicyclic) bond motifs is 1. The maximum absolute atomic E-state index is 12.4. The van der Waals surface area contributed by atoms with Crippen molar-refractivity contribution in [3.05, 3.63) is 0 Å². The summed E-state index contributed by atoms with van der Waals surface area (Å²) in [5.74, 6) is 0.0147. The van der Waals surface area contributed by atoms with Gasteiger partial charge in [0.2, 0.25) is 5.60 Å². The van der Waals surface area contributed by atoms with E-state index in [4.69, 9.17) is 14.5 Å². The lowest BCUT2D eigenvalue weighted by molar-refractivity contribution is -0.518. The van der Waals surface area contributed by atoms with Crippen molar-refractivity contribution in [2.75, 3.05) is 0 Å². The Morgan fingerprint density at radius 3 is 2.39 bits per heavy atom. The highest BCUT2D eigenvalue weighted by Gasteiger charge is 2.66. The molecule has 104 valence electrons. The summed E-state index contributed by atoms with van der Waals surface area (Å²) in [4.78, 5) is 22.8. The number of hydrogen-bond acceptors (Lipinski definition) is 4. The molecule has 2 fully saturated rings. The molecule has 0 aromatic rings. The summed E-state index contributed by atoms with van der Waals surface area (Å²) in [7, 11) is 0. The average Bonchev–Trinajstić information content (AvgIpc) is 2.05. The van der Waals surface area contributed by atoms with Crippen molar-refractivity contribution in [3.8, 4) is 0 Å². The Hall–Kier alpha value is -0.610. The van der Waals surface area contributed by atoms with E-state index in [2.05, 4.69) is 20.8 Å². The Labute approximate surface area is 109 Å². The third-order valence-electron chi connectivity index (χ3n) is 3.64. The van der Waals surface area contributed by atoms with Gasteiger partial charge in [-0.3, -0.25) is 0 Å². The van der Waals surface area contributed by atoms with Crippen molar-refractivity contribution in [2.45, 2.75) is 71.7 Å². The molecule has 4 nitrogen and oxygen atoms in total. The highest BCUT2D eigenvalue weighted by Crippen LogP contribution is 2.52. The van der Waals surface area contributed by atoms with Gasteiger partial charge in [0.05, 0.1) is 0 Å².